The van der Waals surface area contributed by atoms with E-state index >= 15 is 0 Å². The van der Waals surface area contributed by atoms with Crippen LogP contribution in [-0.4, -0.2) is 53.7 Å². The van der Waals surface area contributed by atoms with Crippen molar-refractivity contribution in [2.24, 2.45) is 0 Å². The highest BCUT2D eigenvalue weighted by Crippen LogP contribution is 2.12. The van der Waals surface area contributed by atoms with Gasteiger partial charge < -0.3 is 19.9 Å². The number of urea groups is 1. The highest BCUT2D eigenvalue weighted by atomic mass is 16.6. The van der Waals surface area contributed by atoms with Crippen LogP contribution in [0.1, 0.15) is 31.9 Å². The zero-order valence-corrected chi connectivity index (χ0v) is 15.0. The first-order chi connectivity index (χ1) is 11.2. The molecular weight excluding hydrogens is 306 g/mol. The van der Waals surface area contributed by atoms with Crippen LogP contribution in [0.5, 0.6) is 0 Å². The lowest BCUT2D eigenvalue weighted by Gasteiger charge is -2.35. The Kier molecular flexibility index (Phi) is 5.70. The maximum atomic E-state index is 12.2. The van der Waals surface area contributed by atoms with Crippen LogP contribution in [0.15, 0.2) is 24.3 Å². The largest absolute Gasteiger partial charge is 0.444 e. The van der Waals surface area contributed by atoms with Gasteiger partial charge in [0.05, 0.1) is 0 Å². The summed E-state index contributed by atoms with van der Waals surface area (Å²) in [7, 11) is 0. The first-order valence-corrected chi connectivity index (χ1v) is 8.31. The van der Waals surface area contributed by atoms with Crippen molar-refractivity contribution in [2.45, 2.75) is 39.8 Å². The Bertz CT molecular complexity index is 587. The Morgan fingerprint density at radius 2 is 1.75 bits per heavy atom. The van der Waals surface area contributed by atoms with Crippen molar-refractivity contribution in [1.29, 1.82) is 0 Å². The fourth-order valence-electron chi connectivity index (χ4n) is 2.53. The minimum atomic E-state index is -0.501. The summed E-state index contributed by atoms with van der Waals surface area (Å²) in [4.78, 5) is 27.6. The predicted molar refractivity (Wildman–Crippen MR) is 92.8 cm³/mol. The Morgan fingerprint density at radius 1 is 1.12 bits per heavy atom. The molecule has 0 aromatic heterocycles. The summed E-state index contributed by atoms with van der Waals surface area (Å²) in [5, 5.41) is 2.93. The van der Waals surface area contributed by atoms with Crippen molar-refractivity contribution in [1.82, 2.24) is 15.1 Å². The number of ether oxygens (including phenoxy) is 1. The van der Waals surface area contributed by atoms with Crippen molar-refractivity contribution in [3.63, 3.8) is 0 Å². The first-order valence-electron chi connectivity index (χ1n) is 8.31. The van der Waals surface area contributed by atoms with Gasteiger partial charge in [0.15, 0.2) is 0 Å². The number of aryl methyl sites for hydroxylation is 1. The maximum absolute atomic E-state index is 12.2. The van der Waals surface area contributed by atoms with Crippen LogP contribution < -0.4 is 5.32 Å². The molecule has 3 amide bonds. The third-order valence-corrected chi connectivity index (χ3v) is 3.74. The second kappa shape index (κ2) is 7.55. The van der Waals surface area contributed by atoms with E-state index in [1.54, 1.807) is 9.80 Å². The van der Waals surface area contributed by atoms with E-state index in [9.17, 15) is 9.59 Å². The Morgan fingerprint density at radius 3 is 2.33 bits per heavy atom. The number of hydrogen-bond acceptors (Lipinski definition) is 3. The maximum Gasteiger partial charge on any atom is 0.410 e. The van der Waals surface area contributed by atoms with Crippen molar-refractivity contribution in [3.8, 4) is 0 Å². The fraction of sp³-hybridized carbons (Fsp3) is 0.556. The highest BCUT2D eigenvalue weighted by molar-refractivity contribution is 5.75. The average molecular weight is 333 g/mol. The van der Waals surface area contributed by atoms with E-state index in [-0.39, 0.29) is 12.1 Å². The van der Waals surface area contributed by atoms with E-state index < -0.39 is 5.60 Å². The molecular formula is C18H27N3O3. The van der Waals surface area contributed by atoms with Crippen LogP contribution >= 0.6 is 0 Å². The topological polar surface area (TPSA) is 61.9 Å². The Labute approximate surface area is 143 Å². The smallest absolute Gasteiger partial charge is 0.410 e. The molecule has 6 heteroatoms. The number of benzene rings is 1. The number of carbonyl (C=O) groups is 2. The third-order valence-electron chi connectivity index (χ3n) is 3.74. The SMILES string of the molecule is Cc1cccc(CNC(=O)N2CCN(C(=O)OC(C)(C)C)CC2)c1. The molecule has 0 saturated carbocycles. The second-order valence-electron chi connectivity index (χ2n) is 7.10. The molecule has 0 aliphatic carbocycles. The Hall–Kier alpha value is -2.24. The van der Waals surface area contributed by atoms with E-state index in [1.807, 2.05) is 45.9 Å². The van der Waals surface area contributed by atoms with Crippen molar-refractivity contribution in [3.05, 3.63) is 35.4 Å². The van der Waals surface area contributed by atoms with Gasteiger partial charge in [0.1, 0.15) is 5.60 Å². The molecule has 1 saturated heterocycles. The van der Waals surface area contributed by atoms with Gasteiger partial charge in [-0.05, 0) is 33.3 Å². The minimum Gasteiger partial charge on any atom is -0.444 e. The molecule has 24 heavy (non-hydrogen) atoms. The molecule has 0 radical (unpaired) electrons. The normalized spacial score (nSPS) is 15.2. The van der Waals surface area contributed by atoms with Gasteiger partial charge in [0.2, 0.25) is 0 Å². The molecule has 0 bridgehead atoms. The molecule has 1 aromatic rings. The van der Waals surface area contributed by atoms with Crippen molar-refractivity contribution < 1.29 is 14.3 Å². The highest BCUT2D eigenvalue weighted by Gasteiger charge is 2.27. The van der Waals surface area contributed by atoms with Crippen molar-refractivity contribution in [2.75, 3.05) is 26.2 Å². The number of rotatable bonds is 2. The number of piperazine rings is 1. The van der Waals surface area contributed by atoms with E-state index in [2.05, 4.69) is 11.4 Å². The summed E-state index contributed by atoms with van der Waals surface area (Å²) in [6.45, 7) is 10.1. The van der Waals surface area contributed by atoms with Gasteiger partial charge in [-0.25, -0.2) is 9.59 Å². The van der Waals surface area contributed by atoms with Gasteiger partial charge in [-0.3, -0.25) is 0 Å². The Balaban J connectivity index is 1.77. The fourth-order valence-corrected chi connectivity index (χ4v) is 2.53. The summed E-state index contributed by atoms with van der Waals surface area (Å²) in [6.07, 6.45) is -0.317. The average Bonchev–Trinajstić information content (AvgIpc) is 2.51. The molecule has 0 spiro atoms. The molecule has 0 unspecified atom stereocenters. The van der Waals surface area contributed by atoms with E-state index in [0.29, 0.717) is 32.7 Å². The molecule has 1 aliphatic heterocycles. The molecule has 1 aromatic carbocycles. The first kappa shape index (κ1) is 18.1. The number of nitrogens with one attached hydrogen (secondary N) is 1. The van der Waals surface area contributed by atoms with Gasteiger partial charge in [-0.1, -0.05) is 29.8 Å². The van der Waals surface area contributed by atoms with Crippen LogP contribution in [-0.2, 0) is 11.3 Å². The summed E-state index contributed by atoms with van der Waals surface area (Å²) >= 11 is 0. The monoisotopic (exact) mass is 333 g/mol. The summed E-state index contributed by atoms with van der Waals surface area (Å²) in [6, 6.07) is 7.96. The molecule has 0 atom stereocenters. The summed E-state index contributed by atoms with van der Waals surface area (Å²) in [5.41, 5.74) is 1.75. The van der Waals surface area contributed by atoms with Gasteiger partial charge in [-0.2, -0.15) is 0 Å². The van der Waals surface area contributed by atoms with E-state index in [0.717, 1.165) is 5.56 Å². The summed E-state index contributed by atoms with van der Waals surface area (Å²) < 4.78 is 5.36. The quantitative estimate of drug-likeness (QED) is 0.905. The number of carbonyl (C=O) groups excluding carboxylic acids is 2. The van der Waals surface area contributed by atoms with Crippen LogP contribution in [0.2, 0.25) is 0 Å². The van der Waals surface area contributed by atoms with Crippen LogP contribution in [0.3, 0.4) is 0 Å². The molecule has 1 aliphatic rings. The molecule has 1 N–H and O–H groups in total. The molecule has 2 rings (SSSR count). The molecule has 1 heterocycles. The lowest BCUT2D eigenvalue weighted by atomic mass is 10.1. The second-order valence-corrected chi connectivity index (χ2v) is 7.10. The molecule has 6 nitrogen and oxygen atoms in total. The van der Waals surface area contributed by atoms with Crippen LogP contribution in [0, 0.1) is 6.92 Å². The number of hydrogen-bond donors (Lipinski definition) is 1. The third kappa shape index (κ3) is 5.44. The summed E-state index contributed by atoms with van der Waals surface area (Å²) in [5.74, 6) is 0. The standard InChI is InChI=1S/C18H27N3O3/c1-14-6-5-7-15(12-14)13-19-16(22)20-8-10-21(11-9-20)17(23)24-18(2,3)4/h5-7,12H,8-11,13H2,1-4H3,(H,19,22). The number of amides is 3. The lowest BCUT2D eigenvalue weighted by Crippen LogP contribution is -2.53. The number of nitrogens with zero attached hydrogens (tertiary/aromatic N) is 2. The van der Waals surface area contributed by atoms with Crippen LogP contribution in [0.4, 0.5) is 9.59 Å². The zero-order chi connectivity index (χ0) is 17.7. The lowest BCUT2D eigenvalue weighted by molar-refractivity contribution is 0.0170. The molecule has 132 valence electrons. The van der Waals surface area contributed by atoms with E-state index in [1.165, 1.54) is 5.56 Å². The van der Waals surface area contributed by atoms with Crippen LogP contribution in [0.25, 0.3) is 0 Å². The van der Waals surface area contributed by atoms with Gasteiger partial charge in [0.25, 0.3) is 0 Å². The van der Waals surface area contributed by atoms with Crippen molar-refractivity contribution >= 4 is 12.1 Å². The van der Waals surface area contributed by atoms with Gasteiger partial charge in [0, 0.05) is 32.7 Å². The minimum absolute atomic E-state index is 0.0969. The predicted octanol–water partition coefficient (Wildman–Crippen LogP) is 2.76. The molecule has 1 fully saturated rings. The van der Waals surface area contributed by atoms with E-state index in [4.69, 9.17) is 4.74 Å². The van der Waals surface area contributed by atoms with Gasteiger partial charge >= 0.3 is 12.1 Å². The zero-order valence-electron chi connectivity index (χ0n) is 15.0. The van der Waals surface area contributed by atoms with Gasteiger partial charge in [-0.15, -0.1) is 0 Å².